The van der Waals surface area contributed by atoms with E-state index in [0.717, 1.165) is 26.1 Å². The van der Waals surface area contributed by atoms with Crippen LogP contribution in [0.1, 0.15) is 59.3 Å². The van der Waals surface area contributed by atoms with Crippen molar-refractivity contribution in [3.8, 4) is 0 Å². The molecule has 0 aromatic heterocycles. The first-order valence-electron chi connectivity index (χ1n) is 7.53. The van der Waals surface area contributed by atoms with E-state index in [1.54, 1.807) is 0 Å². The van der Waals surface area contributed by atoms with E-state index in [9.17, 15) is 0 Å². The van der Waals surface area contributed by atoms with E-state index in [1.807, 2.05) is 6.92 Å². The Balaban J connectivity index is 2.00. The summed E-state index contributed by atoms with van der Waals surface area (Å²) in [4.78, 5) is 0. The summed E-state index contributed by atoms with van der Waals surface area (Å²) in [6.07, 6.45) is 7.30. The van der Waals surface area contributed by atoms with E-state index in [0.29, 0.717) is 5.92 Å². The molecule has 1 heterocycles. The molecule has 2 N–H and O–H groups in total. The zero-order valence-corrected chi connectivity index (χ0v) is 12.2. The van der Waals surface area contributed by atoms with Gasteiger partial charge in [-0.2, -0.15) is 0 Å². The average Bonchev–Trinajstić information content (AvgIpc) is 2.76. The Bertz CT molecular complexity index is 272. The second-order valence-electron chi connectivity index (χ2n) is 6.55. The van der Waals surface area contributed by atoms with E-state index < -0.39 is 0 Å². The maximum atomic E-state index is 6.48. The highest BCUT2D eigenvalue weighted by Crippen LogP contribution is 2.43. The normalized spacial score (nSPS) is 29.7. The van der Waals surface area contributed by atoms with Crippen LogP contribution >= 0.6 is 0 Å². The van der Waals surface area contributed by atoms with Crippen molar-refractivity contribution >= 4 is 0 Å². The molecule has 0 aromatic rings. The smallest absolute Gasteiger partial charge is 0.0779 e. The van der Waals surface area contributed by atoms with Crippen molar-refractivity contribution < 1.29 is 9.47 Å². The van der Waals surface area contributed by atoms with E-state index in [4.69, 9.17) is 15.2 Å². The van der Waals surface area contributed by atoms with Crippen molar-refractivity contribution in [2.24, 2.45) is 11.7 Å². The zero-order valence-electron chi connectivity index (χ0n) is 12.2. The first kappa shape index (κ1) is 14.3. The number of ether oxygens (including phenoxy) is 2. The summed E-state index contributed by atoms with van der Waals surface area (Å²) in [5.74, 6) is 0.540. The predicted octanol–water partition coefficient (Wildman–Crippen LogP) is 2.87. The molecule has 106 valence electrons. The molecule has 1 saturated carbocycles. The fourth-order valence-electron chi connectivity index (χ4n) is 3.78. The third kappa shape index (κ3) is 2.89. The van der Waals surface area contributed by atoms with Gasteiger partial charge in [-0.3, -0.25) is 0 Å². The van der Waals surface area contributed by atoms with E-state index in [-0.39, 0.29) is 17.2 Å². The number of nitrogens with two attached hydrogens (primary N) is 1. The first-order chi connectivity index (χ1) is 8.49. The molecular formula is C15H29NO2. The molecule has 2 aliphatic rings. The van der Waals surface area contributed by atoms with E-state index >= 15 is 0 Å². The molecule has 18 heavy (non-hydrogen) atoms. The van der Waals surface area contributed by atoms with Crippen molar-refractivity contribution in [3.05, 3.63) is 0 Å². The quantitative estimate of drug-likeness (QED) is 0.840. The summed E-state index contributed by atoms with van der Waals surface area (Å²) in [5, 5.41) is 0. The van der Waals surface area contributed by atoms with Gasteiger partial charge in [0.25, 0.3) is 0 Å². The van der Waals surface area contributed by atoms with Gasteiger partial charge in [-0.15, -0.1) is 0 Å². The van der Waals surface area contributed by atoms with Gasteiger partial charge in [0.15, 0.2) is 0 Å². The van der Waals surface area contributed by atoms with Crippen molar-refractivity contribution in [2.45, 2.75) is 76.5 Å². The fraction of sp³-hybridized carbons (Fsp3) is 1.00. The molecule has 2 atom stereocenters. The Morgan fingerprint density at radius 3 is 2.67 bits per heavy atom. The topological polar surface area (TPSA) is 44.5 Å². The van der Waals surface area contributed by atoms with Crippen LogP contribution in [0.3, 0.4) is 0 Å². The Kier molecular flexibility index (Phi) is 4.35. The van der Waals surface area contributed by atoms with Gasteiger partial charge in [-0.05, 0) is 52.4 Å². The summed E-state index contributed by atoms with van der Waals surface area (Å²) in [7, 11) is 0. The number of rotatable bonds is 4. The minimum atomic E-state index is -0.226. The highest BCUT2D eigenvalue weighted by atomic mass is 16.5. The van der Waals surface area contributed by atoms with Crippen LogP contribution in [-0.4, -0.2) is 30.5 Å². The van der Waals surface area contributed by atoms with Gasteiger partial charge in [-0.1, -0.05) is 12.8 Å². The van der Waals surface area contributed by atoms with Gasteiger partial charge >= 0.3 is 0 Å². The van der Waals surface area contributed by atoms with Crippen LogP contribution < -0.4 is 5.73 Å². The Labute approximate surface area is 111 Å². The molecule has 0 radical (unpaired) electrons. The molecule has 1 aliphatic carbocycles. The lowest BCUT2D eigenvalue weighted by atomic mass is 9.76. The maximum absolute atomic E-state index is 6.48. The molecule has 2 rings (SSSR count). The molecule has 0 bridgehead atoms. The molecule has 2 unspecified atom stereocenters. The van der Waals surface area contributed by atoms with Crippen molar-refractivity contribution in [1.82, 2.24) is 0 Å². The SMILES string of the molecule is CCOC(C)(C)C(N)C1CCOC2(CCCC2)C1. The lowest BCUT2D eigenvalue weighted by Crippen LogP contribution is -2.54. The van der Waals surface area contributed by atoms with Crippen LogP contribution in [-0.2, 0) is 9.47 Å². The molecule has 0 amide bonds. The van der Waals surface area contributed by atoms with Crippen LogP contribution in [0.4, 0.5) is 0 Å². The van der Waals surface area contributed by atoms with Gasteiger partial charge in [-0.25, -0.2) is 0 Å². The molecule has 0 aromatic carbocycles. The molecule has 2 fully saturated rings. The van der Waals surface area contributed by atoms with Crippen LogP contribution in [0.25, 0.3) is 0 Å². The van der Waals surface area contributed by atoms with Crippen molar-refractivity contribution in [1.29, 1.82) is 0 Å². The van der Waals surface area contributed by atoms with Gasteiger partial charge in [0.2, 0.25) is 0 Å². The maximum Gasteiger partial charge on any atom is 0.0779 e. The Morgan fingerprint density at radius 1 is 1.39 bits per heavy atom. The molecule has 3 nitrogen and oxygen atoms in total. The average molecular weight is 255 g/mol. The summed E-state index contributed by atoms with van der Waals surface area (Å²) >= 11 is 0. The standard InChI is InChI=1S/C15H29NO2/c1-4-17-14(2,3)13(16)12-7-10-18-15(11-12)8-5-6-9-15/h12-13H,4-11,16H2,1-3H3. The molecular weight excluding hydrogens is 226 g/mol. The zero-order chi connectivity index (χ0) is 13.2. The second-order valence-corrected chi connectivity index (χ2v) is 6.55. The minimum absolute atomic E-state index is 0.110. The van der Waals surface area contributed by atoms with Gasteiger partial charge < -0.3 is 15.2 Å². The van der Waals surface area contributed by atoms with E-state index in [2.05, 4.69) is 13.8 Å². The first-order valence-corrected chi connectivity index (χ1v) is 7.53. The minimum Gasteiger partial charge on any atom is -0.375 e. The largest absolute Gasteiger partial charge is 0.375 e. The van der Waals surface area contributed by atoms with Crippen molar-refractivity contribution in [3.63, 3.8) is 0 Å². The third-order valence-corrected chi connectivity index (χ3v) is 4.87. The monoisotopic (exact) mass is 255 g/mol. The van der Waals surface area contributed by atoms with E-state index in [1.165, 1.54) is 25.7 Å². The predicted molar refractivity (Wildman–Crippen MR) is 73.6 cm³/mol. The molecule has 1 saturated heterocycles. The fourth-order valence-corrected chi connectivity index (χ4v) is 3.78. The van der Waals surface area contributed by atoms with Crippen LogP contribution in [0.5, 0.6) is 0 Å². The summed E-state index contributed by atoms with van der Waals surface area (Å²) in [6, 6.07) is 0.110. The molecule has 1 aliphatic heterocycles. The second kappa shape index (κ2) is 5.48. The van der Waals surface area contributed by atoms with Gasteiger partial charge in [0, 0.05) is 19.3 Å². The molecule has 1 spiro atoms. The summed E-state index contributed by atoms with van der Waals surface area (Å²) in [5.41, 5.74) is 6.41. The molecule has 3 heteroatoms. The van der Waals surface area contributed by atoms with Crippen LogP contribution in [0.15, 0.2) is 0 Å². The highest BCUT2D eigenvalue weighted by Gasteiger charge is 2.44. The van der Waals surface area contributed by atoms with Crippen molar-refractivity contribution in [2.75, 3.05) is 13.2 Å². The third-order valence-electron chi connectivity index (χ3n) is 4.87. The van der Waals surface area contributed by atoms with Crippen LogP contribution in [0.2, 0.25) is 0 Å². The number of hydrogen-bond donors (Lipinski definition) is 1. The lowest BCUT2D eigenvalue weighted by Gasteiger charge is -2.44. The highest BCUT2D eigenvalue weighted by molar-refractivity contribution is 4.97. The number of hydrogen-bond acceptors (Lipinski definition) is 3. The van der Waals surface area contributed by atoms with Gasteiger partial charge in [0.05, 0.1) is 11.2 Å². The summed E-state index contributed by atoms with van der Waals surface area (Å²) in [6.45, 7) is 7.89. The van der Waals surface area contributed by atoms with Gasteiger partial charge in [0.1, 0.15) is 0 Å². The summed E-state index contributed by atoms with van der Waals surface area (Å²) < 4.78 is 11.9. The Morgan fingerprint density at radius 2 is 2.06 bits per heavy atom. The van der Waals surface area contributed by atoms with Crippen LogP contribution in [0, 0.1) is 5.92 Å². The lowest BCUT2D eigenvalue weighted by molar-refractivity contribution is -0.117. The Hall–Kier alpha value is -0.120.